The average Bonchev–Trinajstić information content (AvgIpc) is 2.52. The molecule has 21 heavy (non-hydrogen) atoms. The van der Waals surface area contributed by atoms with Gasteiger partial charge in [0.1, 0.15) is 11.5 Å². The van der Waals surface area contributed by atoms with Crippen molar-refractivity contribution in [3.8, 4) is 11.5 Å². The SMILES string of the molecule is COc1ccccc1C(C)N(C)C(=O)c1cncc(O)c1. The predicted molar refractivity (Wildman–Crippen MR) is 79.4 cm³/mol. The maximum absolute atomic E-state index is 12.4. The molecule has 0 bridgehead atoms. The number of para-hydroxylation sites is 1. The Labute approximate surface area is 123 Å². The van der Waals surface area contributed by atoms with Gasteiger partial charge in [-0.1, -0.05) is 18.2 Å². The lowest BCUT2D eigenvalue weighted by Gasteiger charge is -2.26. The largest absolute Gasteiger partial charge is 0.506 e. The van der Waals surface area contributed by atoms with Crippen LogP contribution in [0.2, 0.25) is 0 Å². The Balaban J connectivity index is 2.26. The summed E-state index contributed by atoms with van der Waals surface area (Å²) < 4.78 is 5.33. The maximum Gasteiger partial charge on any atom is 0.255 e. The van der Waals surface area contributed by atoms with Gasteiger partial charge >= 0.3 is 0 Å². The number of aromatic nitrogens is 1. The number of methoxy groups -OCH3 is 1. The van der Waals surface area contributed by atoms with Crippen LogP contribution in [0.15, 0.2) is 42.7 Å². The Morgan fingerprint density at radius 3 is 2.71 bits per heavy atom. The topological polar surface area (TPSA) is 62.7 Å². The molecule has 0 saturated carbocycles. The number of hydrogen-bond acceptors (Lipinski definition) is 4. The van der Waals surface area contributed by atoms with Gasteiger partial charge in [-0.2, -0.15) is 0 Å². The van der Waals surface area contributed by atoms with Crippen molar-refractivity contribution < 1.29 is 14.6 Å². The summed E-state index contributed by atoms with van der Waals surface area (Å²) in [5.41, 5.74) is 1.27. The molecular weight excluding hydrogens is 268 g/mol. The summed E-state index contributed by atoms with van der Waals surface area (Å²) in [6.45, 7) is 1.92. The summed E-state index contributed by atoms with van der Waals surface area (Å²) >= 11 is 0. The number of nitrogens with zero attached hydrogens (tertiary/aromatic N) is 2. The molecule has 0 aliphatic carbocycles. The number of aromatic hydroxyl groups is 1. The molecule has 0 aliphatic heterocycles. The molecule has 2 rings (SSSR count). The number of pyridine rings is 1. The maximum atomic E-state index is 12.4. The molecule has 1 atom stereocenters. The normalized spacial score (nSPS) is 11.8. The van der Waals surface area contributed by atoms with Crippen molar-refractivity contribution in [3.63, 3.8) is 0 Å². The van der Waals surface area contributed by atoms with Crippen LogP contribution in [0.3, 0.4) is 0 Å². The van der Waals surface area contributed by atoms with Crippen molar-refractivity contribution in [1.29, 1.82) is 0 Å². The summed E-state index contributed by atoms with van der Waals surface area (Å²) in [6, 6.07) is 8.81. The third kappa shape index (κ3) is 3.13. The zero-order chi connectivity index (χ0) is 15.4. The van der Waals surface area contributed by atoms with Crippen molar-refractivity contribution in [2.24, 2.45) is 0 Å². The lowest BCUT2D eigenvalue weighted by molar-refractivity contribution is 0.0740. The lowest BCUT2D eigenvalue weighted by atomic mass is 10.1. The summed E-state index contributed by atoms with van der Waals surface area (Å²) in [5, 5.41) is 9.43. The van der Waals surface area contributed by atoms with Gasteiger partial charge in [0.15, 0.2) is 0 Å². The Bertz CT molecular complexity index is 643. The van der Waals surface area contributed by atoms with Gasteiger partial charge in [0, 0.05) is 18.8 Å². The molecule has 110 valence electrons. The van der Waals surface area contributed by atoms with Crippen LogP contribution in [-0.2, 0) is 0 Å². The molecule has 0 radical (unpaired) electrons. The number of carbonyl (C=O) groups is 1. The fourth-order valence-electron chi connectivity index (χ4n) is 2.14. The summed E-state index contributed by atoms with van der Waals surface area (Å²) in [5.74, 6) is 0.495. The van der Waals surface area contributed by atoms with E-state index in [-0.39, 0.29) is 17.7 Å². The first-order valence-corrected chi connectivity index (χ1v) is 6.58. The zero-order valence-electron chi connectivity index (χ0n) is 12.3. The number of rotatable bonds is 4. The van der Waals surface area contributed by atoms with E-state index in [1.807, 2.05) is 31.2 Å². The molecule has 1 N–H and O–H groups in total. The highest BCUT2D eigenvalue weighted by Crippen LogP contribution is 2.29. The quantitative estimate of drug-likeness (QED) is 0.938. The molecule has 1 unspecified atom stereocenters. The van der Waals surface area contributed by atoms with Crippen LogP contribution in [-0.4, -0.2) is 35.1 Å². The van der Waals surface area contributed by atoms with E-state index in [1.54, 1.807) is 19.1 Å². The molecule has 1 aromatic carbocycles. The van der Waals surface area contributed by atoms with Crippen LogP contribution in [0.1, 0.15) is 28.9 Å². The van der Waals surface area contributed by atoms with Crippen LogP contribution in [0, 0.1) is 0 Å². The second kappa shape index (κ2) is 6.26. The monoisotopic (exact) mass is 286 g/mol. The van der Waals surface area contributed by atoms with Crippen LogP contribution in [0.5, 0.6) is 11.5 Å². The number of ether oxygens (including phenoxy) is 1. The smallest absolute Gasteiger partial charge is 0.255 e. The predicted octanol–water partition coefficient (Wildman–Crippen LogP) is 2.63. The Kier molecular flexibility index (Phi) is 4.42. The molecule has 5 heteroatoms. The molecule has 0 spiro atoms. The number of benzene rings is 1. The fraction of sp³-hybridized carbons (Fsp3) is 0.250. The standard InChI is InChI=1S/C16H18N2O3/c1-11(14-6-4-5-7-15(14)21-3)18(2)16(20)12-8-13(19)10-17-9-12/h4-11,19H,1-3H3. The van der Waals surface area contributed by atoms with Crippen molar-refractivity contribution in [1.82, 2.24) is 9.88 Å². The highest BCUT2D eigenvalue weighted by Gasteiger charge is 2.21. The van der Waals surface area contributed by atoms with Gasteiger partial charge in [-0.25, -0.2) is 0 Å². The van der Waals surface area contributed by atoms with E-state index in [4.69, 9.17) is 4.74 Å². The highest BCUT2D eigenvalue weighted by molar-refractivity contribution is 5.94. The van der Waals surface area contributed by atoms with E-state index in [0.29, 0.717) is 5.56 Å². The van der Waals surface area contributed by atoms with E-state index in [9.17, 15) is 9.90 Å². The van der Waals surface area contributed by atoms with Gasteiger partial charge < -0.3 is 14.7 Å². The molecule has 1 amide bonds. The van der Waals surface area contributed by atoms with E-state index < -0.39 is 0 Å². The minimum Gasteiger partial charge on any atom is -0.506 e. The summed E-state index contributed by atoms with van der Waals surface area (Å²) in [4.78, 5) is 17.9. The van der Waals surface area contributed by atoms with E-state index in [1.165, 1.54) is 18.5 Å². The molecule has 0 fully saturated rings. The molecule has 0 saturated heterocycles. The van der Waals surface area contributed by atoms with Gasteiger partial charge in [0.25, 0.3) is 5.91 Å². The first-order valence-electron chi connectivity index (χ1n) is 6.58. The molecular formula is C16H18N2O3. The molecule has 1 aromatic heterocycles. The zero-order valence-corrected chi connectivity index (χ0v) is 12.3. The van der Waals surface area contributed by atoms with E-state index in [0.717, 1.165) is 11.3 Å². The third-order valence-corrected chi connectivity index (χ3v) is 3.46. The minimum absolute atomic E-state index is 0.0285. The van der Waals surface area contributed by atoms with Crippen molar-refractivity contribution >= 4 is 5.91 Å². The van der Waals surface area contributed by atoms with Crippen LogP contribution in [0.25, 0.3) is 0 Å². The van der Waals surface area contributed by atoms with E-state index in [2.05, 4.69) is 4.98 Å². The lowest BCUT2D eigenvalue weighted by Crippen LogP contribution is -2.30. The first-order chi connectivity index (χ1) is 10.0. The molecule has 0 aliphatic rings. The van der Waals surface area contributed by atoms with Gasteiger partial charge in [-0.3, -0.25) is 9.78 Å². The Hall–Kier alpha value is -2.56. The fourth-order valence-corrected chi connectivity index (χ4v) is 2.14. The van der Waals surface area contributed by atoms with Crippen LogP contribution >= 0.6 is 0 Å². The Morgan fingerprint density at radius 2 is 2.05 bits per heavy atom. The van der Waals surface area contributed by atoms with E-state index >= 15 is 0 Å². The minimum atomic E-state index is -0.211. The van der Waals surface area contributed by atoms with Crippen molar-refractivity contribution in [2.75, 3.05) is 14.2 Å². The van der Waals surface area contributed by atoms with Gasteiger partial charge in [-0.15, -0.1) is 0 Å². The summed E-state index contributed by atoms with van der Waals surface area (Å²) in [7, 11) is 3.32. The van der Waals surface area contributed by atoms with Gasteiger partial charge in [0.05, 0.1) is 24.9 Å². The van der Waals surface area contributed by atoms with Gasteiger partial charge in [0.2, 0.25) is 0 Å². The number of carbonyl (C=O) groups excluding carboxylic acids is 1. The van der Waals surface area contributed by atoms with Crippen LogP contribution < -0.4 is 4.74 Å². The highest BCUT2D eigenvalue weighted by atomic mass is 16.5. The molecule has 2 aromatic rings. The van der Waals surface area contributed by atoms with Crippen molar-refractivity contribution in [2.45, 2.75) is 13.0 Å². The Morgan fingerprint density at radius 1 is 1.33 bits per heavy atom. The average molecular weight is 286 g/mol. The molecule has 1 heterocycles. The molecule has 5 nitrogen and oxygen atoms in total. The summed E-state index contributed by atoms with van der Waals surface area (Å²) in [6.07, 6.45) is 2.73. The van der Waals surface area contributed by atoms with Crippen molar-refractivity contribution in [3.05, 3.63) is 53.9 Å². The number of amides is 1. The second-order valence-corrected chi connectivity index (χ2v) is 4.77. The first kappa shape index (κ1) is 14.8. The van der Waals surface area contributed by atoms with Crippen LogP contribution in [0.4, 0.5) is 0 Å². The second-order valence-electron chi connectivity index (χ2n) is 4.77. The number of hydrogen-bond donors (Lipinski definition) is 1. The third-order valence-electron chi connectivity index (χ3n) is 3.46. The van der Waals surface area contributed by atoms with Gasteiger partial charge in [-0.05, 0) is 19.1 Å².